The van der Waals surface area contributed by atoms with Gasteiger partial charge in [-0.25, -0.2) is 0 Å². The van der Waals surface area contributed by atoms with Crippen molar-refractivity contribution in [3.63, 3.8) is 0 Å². The monoisotopic (exact) mass is 517 g/mol. The molecule has 0 aliphatic carbocycles. The van der Waals surface area contributed by atoms with Crippen molar-refractivity contribution in [3.8, 4) is 34.3 Å². The molecule has 2 aliphatic heterocycles. The summed E-state index contributed by atoms with van der Waals surface area (Å²) in [6.45, 7) is 1.40. The van der Waals surface area contributed by atoms with E-state index in [0.29, 0.717) is 23.1 Å². The van der Waals surface area contributed by atoms with Crippen LogP contribution in [0.3, 0.4) is 0 Å². The Labute approximate surface area is 219 Å². The van der Waals surface area contributed by atoms with E-state index in [0.717, 1.165) is 57.6 Å². The van der Waals surface area contributed by atoms with Crippen LogP contribution in [0.5, 0.6) is 23.0 Å². The van der Waals surface area contributed by atoms with Gasteiger partial charge in [0.2, 0.25) is 18.4 Å². The van der Waals surface area contributed by atoms with Gasteiger partial charge >= 0.3 is 0 Å². The van der Waals surface area contributed by atoms with Gasteiger partial charge in [-0.3, -0.25) is 4.79 Å². The Kier molecular flexibility index (Phi) is 6.00. The molecule has 7 nitrogen and oxygen atoms in total. The first-order valence-electron chi connectivity index (χ1n) is 12.1. The highest BCUT2D eigenvalue weighted by Gasteiger charge is 2.33. The summed E-state index contributed by atoms with van der Waals surface area (Å²) in [5.41, 5.74) is 5.13. The van der Waals surface area contributed by atoms with E-state index < -0.39 is 0 Å². The number of ether oxygens (including phenoxy) is 4. The number of rotatable bonds is 6. The third kappa shape index (κ3) is 4.19. The van der Waals surface area contributed by atoms with Crippen molar-refractivity contribution in [2.45, 2.75) is 25.9 Å². The molecule has 6 rings (SSSR count). The molecular formula is C29H26ClN2O5+. The molecule has 1 N–H and O–H groups in total. The van der Waals surface area contributed by atoms with Gasteiger partial charge in [-0.1, -0.05) is 23.7 Å². The number of amides is 1. The molecule has 1 aromatic heterocycles. The second-order valence-corrected chi connectivity index (χ2v) is 9.54. The highest BCUT2D eigenvalue weighted by molar-refractivity contribution is 6.30. The molecular weight excluding hydrogens is 492 g/mol. The highest BCUT2D eigenvalue weighted by Crippen LogP contribution is 2.43. The number of pyridine rings is 1. The summed E-state index contributed by atoms with van der Waals surface area (Å²) in [6, 6.07) is 15.4. The van der Waals surface area contributed by atoms with E-state index in [2.05, 4.69) is 22.1 Å². The topological polar surface area (TPSA) is 69.9 Å². The largest absolute Gasteiger partial charge is 0.493 e. The van der Waals surface area contributed by atoms with E-state index >= 15 is 0 Å². The third-order valence-electron chi connectivity index (χ3n) is 6.98. The molecule has 8 heteroatoms. The number of carbonyl (C=O) groups is 1. The van der Waals surface area contributed by atoms with Crippen LogP contribution in [0, 0.1) is 0 Å². The van der Waals surface area contributed by atoms with Gasteiger partial charge in [-0.05, 0) is 47.5 Å². The zero-order valence-corrected chi connectivity index (χ0v) is 21.4. The zero-order valence-electron chi connectivity index (χ0n) is 20.6. The van der Waals surface area contributed by atoms with Gasteiger partial charge in [0.05, 0.1) is 31.6 Å². The number of methoxy groups -OCH3 is 2. The number of fused-ring (bicyclic) bond motifs is 5. The fourth-order valence-electron chi connectivity index (χ4n) is 5.21. The van der Waals surface area contributed by atoms with E-state index in [4.69, 9.17) is 30.5 Å². The Morgan fingerprint density at radius 3 is 2.57 bits per heavy atom. The Hall–Kier alpha value is -3.97. The normalized spacial score (nSPS) is 13.2. The molecule has 3 aromatic carbocycles. The molecule has 2 aliphatic rings. The molecule has 0 bridgehead atoms. The molecule has 0 spiro atoms. The van der Waals surface area contributed by atoms with Crippen LogP contribution in [0.4, 0.5) is 0 Å². The van der Waals surface area contributed by atoms with E-state index in [1.54, 1.807) is 14.2 Å². The van der Waals surface area contributed by atoms with Gasteiger partial charge in [0.15, 0.2) is 35.7 Å². The van der Waals surface area contributed by atoms with Crippen molar-refractivity contribution in [2.24, 2.45) is 0 Å². The number of hydrogen-bond acceptors (Lipinski definition) is 5. The Balaban J connectivity index is 1.47. The number of aromatic nitrogens is 1. The molecule has 188 valence electrons. The Morgan fingerprint density at radius 1 is 1.03 bits per heavy atom. The zero-order chi connectivity index (χ0) is 25.5. The van der Waals surface area contributed by atoms with Crippen LogP contribution in [0.25, 0.3) is 22.0 Å². The minimum Gasteiger partial charge on any atom is -0.493 e. The fourth-order valence-corrected chi connectivity index (χ4v) is 5.34. The predicted octanol–water partition coefficient (Wildman–Crippen LogP) is 4.61. The molecule has 0 atom stereocenters. The number of halogens is 1. The maximum atomic E-state index is 13.3. The molecule has 37 heavy (non-hydrogen) atoms. The van der Waals surface area contributed by atoms with E-state index in [1.165, 1.54) is 5.56 Å². The lowest BCUT2D eigenvalue weighted by molar-refractivity contribution is -0.686. The van der Waals surface area contributed by atoms with Crippen molar-refractivity contribution in [2.75, 3.05) is 21.0 Å². The number of aryl methyl sites for hydroxylation is 2. The summed E-state index contributed by atoms with van der Waals surface area (Å²) in [5, 5.41) is 5.57. The lowest BCUT2D eigenvalue weighted by Crippen LogP contribution is -2.41. The summed E-state index contributed by atoms with van der Waals surface area (Å²) in [4.78, 5) is 13.3. The maximum Gasteiger partial charge on any atom is 0.231 e. The van der Waals surface area contributed by atoms with Gasteiger partial charge in [0.1, 0.15) is 0 Å². The van der Waals surface area contributed by atoms with Crippen molar-refractivity contribution < 1.29 is 28.3 Å². The van der Waals surface area contributed by atoms with Crippen LogP contribution in [-0.4, -0.2) is 26.9 Å². The van der Waals surface area contributed by atoms with Gasteiger partial charge < -0.3 is 24.3 Å². The number of benzene rings is 3. The third-order valence-corrected chi connectivity index (χ3v) is 7.23. The van der Waals surface area contributed by atoms with Crippen molar-refractivity contribution in [3.05, 3.63) is 76.4 Å². The summed E-state index contributed by atoms with van der Waals surface area (Å²) < 4.78 is 24.8. The number of nitrogens with one attached hydrogen (secondary N) is 1. The van der Waals surface area contributed by atoms with Crippen LogP contribution < -0.4 is 28.8 Å². The van der Waals surface area contributed by atoms with Crippen LogP contribution in [0.2, 0.25) is 5.02 Å². The Bertz CT molecular complexity index is 1530. The lowest BCUT2D eigenvalue weighted by atomic mass is 9.89. The summed E-state index contributed by atoms with van der Waals surface area (Å²) in [7, 11) is 3.26. The van der Waals surface area contributed by atoms with Gasteiger partial charge in [-0.15, -0.1) is 0 Å². The maximum absolute atomic E-state index is 13.3. The number of carbonyl (C=O) groups excluding carboxylic acids is 1. The van der Waals surface area contributed by atoms with E-state index in [1.807, 2.05) is 42.5 Å². The predicted molar refractivity (Wildman–Crippen MR) is 140 cm³/mol. The molecule has 1 amide bonds. The van der Waals surface area contributed by atoms with Crippen molar-refractivity contribution in [1.82, 2.24) is 5.32 Å². The second-order valence-electron chi connectivity index (χ2n) is 9.10. The molecule has 0 radical (unpaired) electrons. The smallest absolute Gasteiger partial charge is 0.231 e. The molecule has 0 saturated carbocycles. The summed E-state index contributed by atoms with van der Waals surface area (Å²) in [5.74, 6) is 2.70. The first-order valence-corrected chi connectivity index (χ1v) is 12.5. The fraction of sp³-hybridized carbons (Fsp3) is 0.241. The second kappa shape index (κ2) is 9.48. The summed E-state index contributed by atoms with van der Waals surface area (Å²) in [6.07, 6.45) is 3.13. The molecule has 0 fully saturated rings. The molecule has 0 saturated heterocycles. The van der Waals surface area contributed by atoms with Gasteiger partial charge in [-0.2, -0.15) is 4.57 Å². The van der Waals surface area contributed by atoms with E-state index in [9.17, 15) is 4.79 Å². The van der Waals surface area contributed by atoms with Crippen LogP contribution in [-0.2, 0) is 30.7 Å². The van der Waals surface area contributed by atoms with Crippen molar-refractivity contribution >= 4 is 28.3 Å². The van der Waals surface area contributed by atoms with Crippen LogP contribution >= 0.6 is 11.6 Å². The quantitative estimate of drug-likeness (QED) is 0.378. The number of nitrogens with zero attached hydrogens (tertiary/aromatic N) is 1. The average Bonchev–Trinajstić information content (AvgIpc) is 3.38. The standard InChI is InChI=1S/C29H25ClN2O5/c1-34-24-8-7-20-22(13-27(33)31-14-17-3-5-19(30)6-4-17)28-21-12-26-25(36-16-37-26)11-18(21)9-10-32(28)15-23(20)29(24)35-2/h3-8,11-12,15H,9-10,13-14,16H2,1-2H3/p+1. The van der Waals surface area contributed by atoms with Crippen LogP contribution in [0.1, 0.15) is 16.7 Å². The lowest BCUT2D eigenvalue weighted by Gasteiger charge is -2.21. The molecule has 4 aromatic rings. The highest BCUT2D eigenvalue weighted by atomic mass is 35.5. The average molecular weight is 518 g/mol. The minimum absolute atomic E-state index is 0.0760. The SMILES string of the molecule is COc1ccc2c(CC(=O)NCc3ccc(Cl)cc3)c3[n+](cc2c1OC)CCc1cc2c(cc1-3)OCO2. The summed E-state index contributed by atoms with van der Waals surface area (Å²) >= 11 is 6.00. The van der Waals surface area contributed by atoms with Gasteiger partial charge in [0.25, 0.3) is 0 Å². The first kappa shape index (κ1) is 23.4. The Morgan fingerprint density at radius 2 is 1.81 bits per heavy atom. The molecule has 3 heterocycles. The number of hydrogen-bond donors (Lipinski definition) is 1. The minimum atomic E-state index is -0.0760. The first-order chi connectivity index (χ1) is 18.1. The van der Waals surface area contributed by atoms with Gasteiger partial charge in [0, 0.05) is 28.9 Å². The van der Waals surface area contributed by atoms with E-state index in [-0.39, 0.29) is 19.1 Å². The van der Waals surface area contributed by atoms with Crippen LogP contribution in [0.15, 0.2) is 54.7 Å². The van der Waals surface area contributed by atoms with Crippen molar-refractivity contribution in [1.29, 1.82) is 0 Å². The molecule has 0 unspecified atom stereocenters.